The summed E-state index contributed by atoms with van der Waals surface area (Å²) in [5.74, 6) is -0.465. The minimum absolute atomic E-state index is 0. The molecule has 0 saturated carbocycles. The van der Waals surface area contributed by atoms with Gasteiger partial charge < -0.3 is 7.96 Å². The van der Waals surface area contributed by atoms with Gasteiger partial charge in [-0.1, -0.05) is 12.1 Å². The summed E-state index contributed by atoms with van der Waals surface area (Å²) < 4.78 is 63.1. The molecule has 0 atom stereocenters. The standard InChI is InChI=1S/C10H8O7S2.2Na.2H/c11-7-4-6-2-1-3-8(18(12,13)14)10(6)9(5-7)19(15,16)17;;;;/h1-5,11H,(H,12,13,14)(H,15,16,17);;;;/q;2*+1;2*-1. The van der Waals surface area contributed by atoms with E-state index in [2.05, 4.69) is 0 Å². The number of hydrogen-bond donors (Lipinski definition) is 3. The predicted molar refractivity (Wildman–Crippen MR) is 67.5 cm³/mol. The van der Waals surface area contributed by atoms with Gasteiger partial charge in [0.2, 0.25) is 0 Å². The zero-order chi connectivity index (χ0) is 14.4. The van der Waals surface area contributed by atoms with Crippen molar-refractivity contribution in [2.75, 3.05) is 0 Å². The second kappa shape index (κ2) is 7.26. The quantitative estimate of drug-likeness (QED) is 0.366. The maximum atomic E-state index is 11.2. The third kappa shape index (κ3) is 4.64. The number of hydrogen-bond acceptors (Lipinski definition) is 5. The molecular weight excluding hydrogens is 342 g/mol. The van der Waals surface area contributed by atoms with Gasteiger partial charge >= 0.3 is 59.1 Å². The molecule has 0 aromatic heterocycles. The first-order valence-corrected chi connectivity index (χ1v) is 7.69. The van der Waals surface area contributed by atoms with Gasteiger partial charge in [-0.3, -0.25) is 9.11 Å². The molecule has 2 aromatic carbocycles. The van der Waals surface area contributed by atoms with Gasteiger partial charge in [-0.25, -0.2) is 0 Å². The van der Waals surface area contributed by atoms with E-state index in [0.29, 0.717) is 6.07 Å². The van der Waals surface area contributed by atoms with Crippen LogP contribution in [-0.2, 0) is 20.2 Å². The monoisotopic (exact) mass is 352 g/mol. The van der Waals surface area contributed by atoms with Gasteiger partial charge in [-0.05, 0) is 17.5 Å². The summed E-state index contributed by atoms with van der Waals surface area (Å²) >= 11 is 0. The number of fused-ring (bicyclic) bond motifs is 1. The Kier molecular flexibility index (Phi) is 7.37. The van der Waals surface area contributed by atoms with Gasteiger partial charge in [0.25, 0.3) is 20.2 Å². The van der Waals surface area contributed by atoms with Crippen LogP contribution in [0, 0.1) is 0 Å². The van der Waals surface area contributed by atoms with E-state index in [0.717, 1.165) is 12.1 Å². The normalized spacial score (nSPS) is 11.5. The zero-order valence-electron chi connectivity index (χ0n) is 13.2. The number of rotatable bonds is 2. The van der Waals surface area contributed by atoms with E-state index >= 15 is 0 Å². The Morgan fingerprint density at radius 3 is 1.86 bits per heavy atom. The Balaban J connectivity index is -0.000001000. The molecule has 106 valence electrons. The third-order valence-electron chi connectivity index (χ3n) is 2.44. The van der Waals surface area contributed by atoms with Crippen LogP contribution in [0.1, 0.15) is 2.85 Å². The minimum atomic E-state index is -4.77. The van der Waals surface area contributed by atoms with Gasteiger partial charge in [0.15, 0.2) is 0 Å². The van der Waals surface area contributed by atoms with Gasteiger partial charge in [0, 0.05) is 11.5 Å². The summed E-state index contributed by atoms with van der Waals surface area (Å²) in [6, 6.07) is 5.39. The van der Waals surface area contributed by atoms with E-state index in [1.54, 1.807) is 0 Å². The third-order valence-corrected chi connectivity index (χ3v) is 4.22. The van der Waals surface area contributed by atoms with E-state index in [9.17, 15) is 21.9 Å². The van der Waals surface area contributed by atoms with E-state index in [4.69, 9.17) is 9.11 Å². The van der Waals surface area contributed by atoms with Crippen LogP contribution in [0.2, 0.25) is 0 Å². The maximum absolute atomic E-state index is 11.2. The molecule has 0 unspecified atom stereocenters. The molecule has 0 aliphatic rings. The average molecular weight is 352 g/mol. The van der Waals surface area contributed by atoms with Crippen molar-refractivity contribution in [3.05, 3.63) is 30.3 Å². The average Bonchev–Trinajstić information content (AvgIpc) is 2.24. The van der Waals surface area contributed by atoms with Gasteiger partial charge in [0.1, 0.15) is 15.5 Å². The molecule has 0 saturated heterocycles. The molecule has 2 aromatic rings. The molecular formula is C10H10Na2O7S2. The second-order valence-electron chi connectivity index (χ2n) is 3.75. The smallest absolute Gasteiger partial charge is 1.00 e. The largest absolute Gasteiger partial charge is 1.00 e. The molecule has 0 bridgehead atoms. The molecule has 11 heteroatoms. The fraction of sp³-hybridized carbons (Fsp3) is 0. The fourth-order valence-electron chi connectivity index (χ4n) is 1.76. The molecule has 21 heavy (non-hydrogen) atoms. The second-order valence-corrected chi connectivity index (χ2v) is 6.53. The van der Waals surface area contributed by atoms with Gasteiger partial charge in [-0.15, -0.1) is 0 Å². The van der Waals surface area contributed by atoms with Crippen molar-refractivity contribution >= 4 is 31.0 Å². The zero-order valence-corrected chi connectivity index (χ0v) is 16.8. The summed E-state index contributed by atoms with van der Waals surface area (Å²) in [5.41, 5.74) is 0. The molecule has 0 fully saturated rings. The van der Waals surface area contributed by atoms with Crippen LogP contribution in [0.25, 0.3) is 10.8 Å². The van der Waals surface area contributed by atoms with Crippen LogP contribution >= 0.6 is 0 Å². The Bertz CT molecular complexity index is 885. The summed E-state index contributed by atoms with van der Waals surface area (Å²) in [5, 5.41) is 9.04. The summed E-state index contributed by atoms with van der Waals surface area (Å²) in [7, 11) is -9.45. The van der Waals surface area contributed by atoms with Crippen molar-refractivity contribution in [3.8, 4) is 5.75 Å². The van der Waals surface area contributed by atoms with Crippen molar-refractivity contribution in [1.82, 2.24) is 0 Å². The number of benzene rings is 2. The van der Waals surface area contributed by atoms with Crippen LogP contribution in [0.4, 0.5) is 0 Å². The SMILES string of the molecule is O=S(=O)(O)c1cccc2cc(O)cc(S(=O)(=O)O)c12.[H-].[H-].[Na+].[Na+]. The van der Waals surface area contributed by atoms with Crippen molar-refractivity contribution in [3.63, 3.8) is 0 Å². The molecule has 7 nitrogen and oxygen atoms in total. The maximum Gasteiger partial charge on any atom is 1.00 e. The minimum Gasteiger partial charge on any atom is -1.00 e. The number of phenols is 1. The summed E-state index contributed by atoms with van der Waals surface area (Å²) in [6.45, 7) is 0. The van der Waals surface area contributed by atoms with Crippen LogP contribution in [0.3, 0.4) is 0 Å². The Hall–Kier alpha value is 0.320. The van der Waals surface area contributed by atoms with Crippen LogP contribution < -0.4 is 59.1 Å². The first-order chi connectivity index (χ1) is 8.60. The fourth-order valence-corrected chi connectivity index (χ4v) is 3.31. The van der Waals surface area contributed by atoms with Crippen LogP contribution in [-0.4, -0.2) is 31.0 Å². The molecule has 0 amide bonds. The summed E-state index contributed by atoms with van der Waals surface area (Å²) in [6.07, 6.45) is 0. The van der Waals surface area contributed by atoms with E-state index in [1.807, 2.05) is 0 Å². The molecule has 0 heterocycles. The first-order valence-electron chi connectivity index (χ1n) is 4.81. The van der Waals surface area contributed by atoms with Crippen LogP contribution in [0.5, 0.6) is 5.75 Å². The van der Waals surface area contributed by atoms with Gasteiger partial charge in [-0.2, -0.15) is 16.8 Å². The van der Waals surface area contributed by atoms with E-state index < -0.39 is 35.8 Å². The van der Waals surface area contributed by atoms with Crippen molar-refractivity contribution in [2.45, 2.75) is 9.79 Å². The van der Waals surface area contributed by atoms with Gasteiger partial charge in [0.05, 0.1) is 0 Å². The predicted octanol–water partition coefficient (Wildman–Crippen LogP) is -4.73. The number of aromatic hydroxyl groups is 1. The molecule has 0 radical (unpaired) electrons. The van der Waals surface area contributed by atoms with Crippen molar-refractivity contribution in [2.24, 2.45) is 0 Å². The van der Waals surface area contributed by atoms with E-state index in [-0.39, 0.29) is 72.7 Å². The number of phenolic OH excluding ortho intramolecular Hbond substituents is 1. The summed E-state index contributed by atoms with van der Waals surface area (Å²) in [4.78, 5) is -1.46. The molecule has 3 N–H and O–H groups in total. The topological polar surface area (TPSA) is 129 Å². The first kappa shape index (κ1) is 21.3. The molecule has 2 rings (SSSR count). The van der Waals surface area contributed by atoms with Crippen molar-refractivity contribution in [1.29, 1.82) is 0 Å². The Morgan fingerprint density at radius 1 is 0.857 bits per heavy atom. The molecule has 0 spiro atoms. The Labute approximate surface area is 168 Å². The van der Waals surface area contributed by atoms with Crippen LogP contribution in [0.15, 0.2) is 40.1 Å². The molecule has 0 aliphatic heterocycles. The molecule has 0 aliphatic carbocycles. The van der Waals surface area contributed by atoms with E-state index in [1.165, 1.54) is 12.1 Å². The Morgan fingerprint density at radius 2 is 1.38 bits per heavy atom. The van der Waals surface area contributed by atoms with Crippen molar-refractivity contribution < 1.29 is 93.0 Å².